The largest absolute Gasteiger partial charge is 0.493 e. The van der Waals surface area contributed by atoms with Crippen LogP contribution in [0.5, 0.6) is 5.75 Å². The molecule has 1 amide bonds. The zero-order valence-corrected chi connectivity index (χ0v) is 17.1. The van der Waals surface area contributed by atoms with E-state index >= 15 is 0 Å². The van der Waals surface area contributed by atoms with Crippen molar-refractivity contribution in [2.24, 2.45) is 0 Å². The molecule has 0 aromatic heterocycles. The minimum absolute atomic E-state index is 0.0122. The highest BCUT2D eigenvalue weighted by atomic mass is 32.2. The molecule has 9 heteroatoms. The fraction of sp³-hybridized carbons (Fsp3) is 0.381. The van der Waals surface area contributed by atoms with Crippen molar-refractivity contribution in [1.82, 2.24) is 4.90 Å². The van der Waals surface area contributed by atoms with E-state index in [9.17, 15) is 22.0 Å². The van der Waals surface area contributed by atoms with Gasteiger partial charge in [-0.15, -0.1) is 0 Å². The van der Waals surface area contributed by atoms with E-state index < -0.39 is 27.4 Å². The van der Waals surface area contributed by atoms with Gasteiger partial charge in [0.05, 0.1) is 17.9 Å². The molecule has 0 bridgehead atoms. The fourth-order valence-corrected chi connectivity index (χ4v) is 5.21. The molecule has 2 heterocycles. The van der Waals surface area contributed by atoms with Crippen LogP contribution >= 0.6 is 0 Å². The molecule has 0 aliphatic carbocycles. The number of fused-ring (bicyclic) bond motifs is 2. The number of amides is 1. The molecular weight excluding hydrogens is 414 g/mol. The number of nitrogens with one attached hydrogen (secondary N) is 1. The van der Waals surface area contributed by atoms with Gasteiger partial charge in [-0.2, -0.15) is 0 Å². The summed E-state index contributed by atoms with van der Waals surface area (Å²) in [6, 6.07) is 7.27. The molecule has 0 radical (unpaired) electrons. The number of carbonyl (C=O) groups is 1. The second-order valence-corrected chi connectivity index (χ2v) is 9.36. The molecule has 1 atom stereocenters. The van der Waals surface area contributed by atoms with Crippen LogP contribution in [0.3, 0.4) is 0 Å². The number of hydrogen-bond donors (Lipinski definition) is 1. The first-order chi connectivity index (χ1) is 14.3. The number of piperidine rings is 1. The Morgan fingerprint density at radius 1 is 1.07 bits per heavy atom. The maximum absolute atomic E-state index is 13.4. The maximum atomic E-state index is 13.4. The number of hydrogen-bond acceptors (Lipinski definition) is 4. The van der Waals surface area contributed by atoms with Crippen LogP contribution in [0, 0.1) is 11.6 Å². The van der Waals surface area contributed by atoms with Crippen molar-refractivity contribution in [2.75, 3.05) is 17.9 Å². The summed E-state index contributed by atoms with van der Waals surface area (Å²) in [7, 11) is -3.95. The highest BCUT2D eigenvalue weighted by Crippen LogP contribution is 2.31. The molecule has 6 nitrogen and oxygen atoms in total. The molecule has 0 spiro atoms. The summed E-state index contributed by atoms with van der Waals surface area (Å²) >= 11 is 0. The van der Waals surface area contributed by atoms with E-state index in [4.69, 9.17) is 4.74 Å². The van der Waals surface area contributed by atoms with Crippen molar-refractivity contribution < 1.29 is 26.7 Å². The molecule has 4 rings (SSSR count). The number of anilines is 1. The van der Waals surface area contributed by atoms with Crippen molar-refractivity contribution in [2.45, 2.75) is 37.5 Å². The second-order valence-electron chi connectivity index (χ2n) is 7.64. The van der Waals surface area contributed by atoms with Crippen molar-refractivity contribution in [3.63, 3.8) is 0 Å². The van der Waals surface area contributed by atoms with E-state index in [1.807, 2.05) is 4.90 Å². The van der Waals surface area contributed by atoms with E-state index in [-0.39, 0.29) is 23.2 Å². The van der Waals surface area contributed by atoms with Crippen molar-refractivity contribution in [1.29, 1.82) is 0 Å². The third-order valence-electron chi connectivity index (χ3n) is 5.36. The van der Waals surface area contributed by atoms with Gasteiger partial charge in [-0.3, -0.25) is 9.52 Å². The SMILES string of the molecule is O=C1c2cc(NS(=O)(=O)Cc3cc(F)cc(F)c3)ccc2OCCC2CCCCN12. The zero-order chi connectivity index (χ0) is 21.3. The third-order valence-corrected chi connectivity index (χ3v) is 6.62. The molecule has 160 valence electrons. The van der Waals surface area contributed by atoms with Crippen LogP contribution in [0.4, 0.5) is 14.5 Å². The number of carbonyl (C=O) groups excluding carboxylic acids is 1. The van der Waals surface area contributed by atoms with Crippen LogP contribution in [-0.2, 0) is 15.8 Å². The summed E-state index contributed by atoms with van der Waals surface area (Å²) in [6.07, 6.45) is 3.71. The van der Waals surface area contributed by atoms with Gasteiger partial charge in [0.15, 0.2) is 0 Å². The lowest BCUT2D eigenvalue weighted by atomic mass is 9.97. The van der Waals surface area contributed by atoms with E-state index in [1.54, 1.807) is 6.07 Å². The third kappa shape index (κ3) is 4.56. The van der Waals surface area contributed by atoms with Crippen molar-refractivity contribution in [3.05, 3.63) is 59.2 Å². The van der Waals surface area contributed by atoms with Gasteiger partial charge in [0.2, 0.25) is 10.0 Å². The van der Waals surface area contributed by atoms with Gasteiger partial charge in [-0.05, 0) is 55.2 Å². The topological polar surface area (TPSA) is 75.7 Å². The normalized spacial score (nSPS) is 19.2. The lowest BCUT2D eigenvalue weighted by Gasteiger charge is -2.37. The Kier molecular flexibility index (Phi) is 5.64. The summed E-state index contributed by atoms with van der Waals surface area (Å²) in [5.74, 6) is -2.06. The Balaban J connectivity index is 1.58. The lowest BCUT2D eigenvalue weighted by molar-refractivity contribution is 0.0548. The van der Waals surface area contributed by atoms with Crippen LogP contribution in [0.1, 0.15) is 41.6 Å². The number of sulfonamides is 1. The fourth-order valence-electron chi connectivity index (χ4n) is 4.04. The number of benzene rings is 2. The Hall–Kier alpha value is -2.68. The molecule has 2 aromatic carbocycles. The maximum Gasteiger partial charge on any atom is 0.257 e. The van der Waals surface area contributed by atoms with Crippen LogP contribution in [0.25, 0.3) is 0 Å². The first kappa shape index (κ1) is 20.6. The number of rotatable bonds is 4. The summed E-state index contributed by atoms with van der Waals surface area (Å²) in [6.45, 7) is 1.15. The molecular formula is C21H22F2N2O4S. The molecule has 2 aliphatic heterocycles. The average molecular weight is 436 g/mol. The predicted octanol–water partition coefficient (Wildman–Crippen LogP) is 3.68. The van der Waals surface area contributed by atoms with Crippen molar-refractivity contribution in [3.8, 4) is 5.75 Å². The minimum atomic E-state index is -3.95. The Labute approximate surface area is 173 Å². The average Bonchev–Trinajstić information content (AvgIpc) is 2.66. The molecule has 1 fully saturated rings. The summed E-state index contributed by atoms with van der Waals surface area (Å²) in [4.78, 5) is 14.9. The van der Waals surface area contributed by atoms with Gasteiger partial charge in [0.1, 0.15) is 17.4 Å². The lowest BCUT2D eigenvalue weighted by Crippen LogP contribution is -2.45. The minimum Gasteiger partial charge on any atom is -0.493 e. The standard InChI is InChI=1S/C21H22F2N2O4S/c22-15-9-14(10-16(23)11-15)13-30(27,28)24-17-4-5-20-19(12-17)21(26)25-7-2-1-3-18(25)6-8-29-20/h4-5,9-12,18,24H,1-3,6-8,13H2. The van der Waals surface area contributed by atoms with Gasteiger partial charge in [0, 0.05) is 30.8 Å². The predicted molar refractivity (Wildman–Crippen MR) is 108 cm³/mol. The summed E-state index contributed by atoms with van der Waals surface area (Å²) < 4.78 is 59.9. The van der Waals surface area contributed by atoms with Gasteiger partial charge < -0.3 is 9.64 Å². The van der Waals surface area contributed by atoms with E-state index in [2.05, 4.69) is 4.72 Å². The van der Waals surface area contributed by atoms with Gasteiger partial charge in [0.25, 0.3) is 5.91 Å². The quantitative estimate of drug-likeness (QED) is 0.793. The summed E-state index contributed by atoms with van der Waals surface area (Å²) in [5.41, 5.74) is 0.483. The molecule has 30 heavy (non-hydrogen) atoms. The van der Waals surface area contributed by atoms with E-state index in [1.165, 1.54) is 12.1 Å². The first-order valence-electron chi connectivity index (χ1n) is 9.84. The molecule has 1 saturated heterocycles. The summed E-state index contributed by atoms with van der Waals surface area (Å²) in [5, 5.41) is 0. The first-order valence-corrected chi connectivity index (χ1v) is 11.5. The Bertz CT molecular complexity index is 1050. The highest BCUT2D eigenvalue weighted by molar-refractivity contribution is 7.91. The molecule has 2 aliphatic rings. The van der Waals surface area contributed by atoms with E-state index in [0.717, 1.165) is 37.8 Å². The molecule has 1 N–H and O–H groups in total. The van der Waals surface area contributed by atoms with Crippen LogP contribution in [0.15, 0.2) is 36.4 Å². The van der Waals surface area contributed by atoms with Crippen LogP contribution < -0.4 is 9.46 Å². The molecule has 0 saturated carbocycles. The molecule has 2 aromatic rings. The second kappa shape index (κ2) is 8.22. The van der Waals surface area contributed by atoms with Gasteiger partial charge in [-0.25, -0.2) is 17.2 Å². The smallest absolute Gasteiger partial charge is 0.257 e. The molecule has 1 unspecified atom stereocenters. The Morgan fingerprint density at radius 2 is 1.83 bits per heavy atom. The number of ether oxygens (including phenoxy) is 1. The number of halogens is 2. The number of nitrogens with zero attached hydrogens (tertiary/aromatic N) is 1. The van der Waals surface area contributed by atoms with Crippen LogP contribution in [-0.4, -0.2) is 38.4 Å². The van der Waals surface area contributed by atoms with E-state index in [0.29, 0.717) is 30.5 Å². The van der Waals surface area contributed by atoms with Crippen LogP contribution in [0.2, 0.25) is 0 Å². The monoisotopic (exact) mass is 436 g/mol. The Morgan fingerprint density at radius 3 is 2.60 bits per heavy atom. The van der Waals surface area contributed by atoms with Gasteiger partial charge in [-0.1, -0.05) is 0 Å². The highest BCUT2D eigenvalue weighted by Gasteiger charge is 2.31. The van der Waals surface area contributed by atoms with Gasteiger partial charge >= 0.3 is 0 Å². The van der Waals surface area contributed by atoms with Crippen molar-refractivity contribution >= 4 is 21.6 Å². The zero-order valence-electron chi connectivity index (χ0n) is 16.2.